The Balaban J connectivity index is 2.05. The lowest BCUT2D eigenvalue weighted by Crippen LogP contribution is -2.29. The van der Waals surface area contributed by atoms with E-state index in [4.69, 9.17) is 23.1 Å². The van der Waals surface area contributed by atoms with Crippen molar-refractivity contribution in [1.29, 1.82) is 0 Å². The van der Waals surface area contributed by atoms with Crippen molar-refractivity contribution in [2.45, 2.75) is 36.9 Å². The van der Waals surface area contributed by atoms with Crippen LogP contribution < -0.4 is 9.47 Å². The zero-order valence-electron chi connectivity index (χ0n) is 14.4. The Bertz CT molecular complexity index is 694. The molecule has 0 saturated carbocycles. The molecule has 0 bridgehead atoms. The van der Waals surface area contributed by atoms with Gasteiger partial charge in [0.2, 0.25) is 0 Å². The Hall–Kier alpha value is -1.84. The van der Waals surface area contributed by atoms with Crippen LogP contribution in [0.3, 0.4) is 0 Å². The number of carbonyl (C=O) groups excluding carboxylic acids is 1. The number of methoxy groups -OCH3 is 2. The largest absolute Gasteiger partial charge is 0.497 e. The van der Waals surface area contributed by atoms with Gasteiger partial charge in [-0.15, -0.1) is 0 Å². The summed E-state index contributed by atoms with van der Waals surface area (Å²) in [5, 5.41) is 0. The summed E-state index contributed by atoms with van der Waals surface area (Å²) in [6, 6.07) is 4.26. The number of ether oxygens (including phenoxy) is 4. The zero-order valence-corrected chi connectivity index (χ0v) is 15.2. The van der Waals surface area contributed by atoms with Crippen molar-refractivity contribution < 1.29 is 36.3 Å². The molecule has 0 amide bonds. The van der Waals surface area contributed by atoms with E-state index >= 15 is 0 Å². The highest BCUT2D eigenvalue weighted by Crippen LogP contribution is 2.30. The molecule has 0 aromatic heterocycles. The van der Waals surface area contributed by atoms with E-state index in [-0.39, 0.29) is 23.4 Å². The minimum Gasteiger partial charge on any atom is -0.497 e. The van der Waals surface area contributed by atoms with Crippen LogP contribution in [0.2, 0.25) is 0 Å². The average molecular weight is 374 g/mol. The molecule has 0 spiro atoms. The van der Waals surface area contributed by atoms with Gasteiger partial charge in [-0.3, -0.25) is 4.18 Å². The minimum absolute atomic E-state index is 0.0784. The molecule has 140 valence electrons. The van der Waals surface area contributed by atoms with Gasteiger partial charge in [0.1, 0.15) is 23.0 Å². The summed E-state index contributed by atoms with van der Waals surface area (Å²) in [5.41, 5.74) is 0. The second-order valence-electron chi connectivity index (χ2n) is 5.47. The Morgan fingerprint density at radius 3 is 2.68 bits per heavy atom. The zero-order chi connectivity index (χ0) is 18.4. The highest BCUT2D eigenvalue weighted by Gasteiger charge is 2.29. The average Bonchev–Trinajstić information content (AvgIpc) is 3.12. The van der Waals surface area contributed by atoms with Crippen molar-refractivity contribution in [2.75, 3.05) is 27.4 Å². The normalized spacial score (nSPS) is 18.6. The SMILES string of the molecule is COc1ccc(OC)c(S(=O)(=O)O[C@@H](C)C(=O)OCC2CCCO2)c1. The van der Waals surface area contributed by atoms with Crippen molar-refractivity contribution in [1.82, 2.24) is 0 Å². The number of benzene rings is 1. The molecular formula is C16H22O8S. The molecule has 1 fully saturated rings. The predicted molar refractivity (Wildman–Crippen MR) is 87.2 cm³/mol. The highest BCUT2D eigenvalue weighted by atomic mass is 32.2. The molecule has 1 unspecified atom stereocenters. The summed E-state index contributed by atoms with van der Waals surface area (Å²) in [5.74, 6) is -0.377. The van der Waals surface area contributed by atoms with E-state index in [0.29, 0.717) is 12.4 Å². The van der Waals surface area contributed by atoms with Gasteiger partial charge in [-0.2, -0.15) is 8.42 Å². The van der Waals surface area contributed by atoms with Crippen LogP contribution in [0, 0.1) is 0 Å². The van der Waals surface area contributed by atoms with Crippen molar-refractivity contribution in [3.8, 4) is 11.5 Å². The van der Waals surface area contributed by atoms with E-state index in [1.165, 1.54) is 33.3 Å². The summed E-state index contributed by atoms with van der Waals surface area (Å²) in [6.07, 6.45) is 0.272. The van der Waals surface area contributed by atoms with Crippen molar-refractivity contribution in [3.63, 3.8) is 0 Å². The van der Waals surface area contributed by atoms with E-state index in [9.17, 15) is 13.2 Å². The number of esters is 1. The first-order valence-corrected chi connectivity index (χ1v) is 9.21. The Morgan fingerprint density at radius 1 is 1.32 bits per heavy atom. The number of hydrogen-bond donors (Lipinski definition) is 0. The van der Waals surface area contributed by atoms with E-state index in [1.54, 1.807) is 6.07 Å². The van der Waals surface area contributed by atoms with Gasteiger partial charge in [-0.25, -0.2) is 4.79 Å². The van der Waals surface area contributed by atoms with Crippen LogP contribution >= 0.6 is 0 Å². The molecule has 8 nitrogen and oxygen atoms in total. The quantitative estimate of drug-likeness (QED) is 0.499. The molecule has 0 aliphatic carbocycles. The lowest BCUT2D eigenvalue weighted by atomic mass is 10.2. The summed E-state index contributed by atoms with van der Waals surface area (Å²) in [6.45, 7) is 2.02. The van der Waals surface area contributed by atoms with E-state index in [2.05, 4.69) is 0 Å². The van der Waals surface area contributed by atoms with E-state index in [1.807, 2.05) is 0 Å². The van der Waals surface area contributed by atoms with Crippen LogP contribution in [-0.4, -0.2) is 54.0 Å². The van der Waals surface area contributed by atoms with Crippen molar-refractivity contribution >= 4 is 16.1 Å². The number of rotatable bonds is 8. The van der Waals surface area contributed by atoms with Gasteiger partial charge in [0.15, 0.2) is 6.10 Å². The standard InChI is InChI=1S/C16H22O8S/c1-11(16(17)23-10-13-5-4-8-22-13)24-25(18,19)15-9-12(20-2)6-7-14(15)21-3/h6-7,9,11,13H,4-5,8,10H2,1-3H3/t11-,13?/m0/s1. The summed E-state index contributed by atoms with van der Waals surface area (Å²) in [7, 11) is -1.51. The van der Waals surface area contributed by atoms with Gasteiger partial charge in [0, 0.05) is 12.7 Å². The molecular weight excluding hydrogens is 352 g/mol. The first-order valence-electron chi connectivity index (χ1n) is 7.81. The second kappa shape index (κ2) is 8.50. The Kier molecular flexibility index (Phi) is 6.63. The first kappa shape index (κ1) is 19.5. The molecule has 0 N–H and O–H groups in total. The summed E-state index contributed by atoms with van der Waals surface area (Å²) in [4.78, 5) is 11.7. The lowest BCUT2D eigenvalue weighted by Gasteiger charge is -2.16. The third kappa shape index (κ3) is 5.07. The molecule has 2 rings (SSSR count). The molecule has 2 atom stereocenters. The van der Waals surface area contributed by atoms with Gasteiger partial charge < -0.3 is 18.9 Å². The smallest absolute Gasteiger partial charge is 0.336 e. The van der Waals surface area contributed by atoms with Gasteiger partial charge in [0.25, 0.3) is 0 Å². The van der Waals surface area contributed by atoms with Crippen LogP contribution in [0.4, 0.5) is 0 Å². The number of hydrogen-bond acceptors (Lipinski definition) is 8. The summed E-state index contributed by atoms with van der Waals surface area (Å²) < 4.78 is 50.4. The fourth-order valence-electron chi connectivity index (χ4n) is 2.33. The molecule has 1 aliphatic heterocycles. The third-order valence-corrected chi connectivity index (χ3v) is 5.08. The van der Waals surface area contributed by atoms with Crippen LogP contribution in [0.15, 0.2) is 23.1 Å². The molecule has 1 heterocycles. The van der Waals surface area contributed by atoms with Gasteiger partial charge in [-0.05, 0) is 31.9 Å². The minimum atomic E-state index is -4.25. The molecule has 0 radical (unpaired) electrons. The van der Waals surface area contributed by atoms with Crippen LogP contribution in [0.25, 0.3) is 0 Å². The van der Waals surface area contributed by atoms with Gasteiger partial charge in [-0.1, -0.05) is 0 Å². The Labute approximate surface area is 147 Å². The van der Waals surface area contributed by atoms with E-state index < -0.39 is 22.2 Å². The maximum absolute atomic E-state index is 12.5. The lowest BCUT2D eigenvalue weighted by molar-refractivity contribution is -0.154. The monoisotopic (exact) mass is 374 g/mol. The van der Waals surface area contributed by atoms with Crippen molar-refractivity contribution in [2.24, 2.45) is 0 Å². The van der Waals surface area contributed by atoms with E-state index in [0.717, 1.165) is 12.8 Å². The third-order valence-electron chi connectivity index (χ3n) is 3.68. The second-order valence-corrected chi connectivity index (χ2v) is 7.01. The molecule has 1 aromatic rings. The number of carbonyl (C=O) groups is 1. The fraction of sp³-hybridized carbons (Fsp3) is 0.562. The maximum Gasteiger partial charge on any atom is 0.336 e. The van der Waals surface area contributed by atoms with Gasteiger partial charge >= 0.3 is 16.1 Å². The molecule has 25 heavy (non-hydrogen) atoms. The van der Waals surface area contributed by atoms with Crippen LogP contribution in [0.1, 0.15) is 19.8 Å². The highest BCUT2D eigenvalue weighted by molar-refractivity contribution is 7.87. The summed E-state index contributed by atoms with van der Waals surface area (Å²) >= 11 is 0. The maximum atomic E-state index is 12.5. The molecule has 1 aliphatic rings. The first-order chi connectivity index (χ1) is 11.9. The topological polar surface area (TPSA) is 97.4 Å². The van der Waals surface area contributed by atoms with Crippen LogP contribution in [0.5, 0.6) is 11.5 Å². The molecule has 1 saturated heterocycles. The molecule has 1 aromatic carbocycles. The van der Waals surface area contributed by atoms with Crippen LogP contribution in [-0.2, 0) is 28.6 Å². The van der Waals surface area contributed by atoms with Gasteiger partial charge in [0.05, 0.1) is 20.3 Å². The molecule has 9 heteroatoms. The predicted octanol–water partition coefficient (Wildman–Crippen LogP) is 1.52. The Morgan fingerprint density at radius 2 is 2.08 bits per heavy atom. The fourth-order valence-corrected chi connectivity index (χ4v) is 3.55. The van der Waals surface area contributed by atoms with Crippen molar-refractivity contribution in [3.05, 3.63) is 18.2 Å².